The summed E-state index contributed by atoms with van der Waals surface area (Å²) in [4.78, 5) is 4.11. The van der Waals surface area contributed by atoms with Crippen LogP contribution in [-0.4, -0.2) is 16.2 Å². The van der Waals surface area contributed by atoms with E-state index in [4.69, 9.17) is 16.3 Å². The Balaban J connectivity index is 2.30. The van der Waals surface area contributed by atoms with Gasteiger partial charge in [0, 0.05) is 21.3 Å². The molecule has 1 aromatic carbocycles. The molecule has 1 aromatic heterocycles. The lowest BCUT2D eigenvalue weighted by molar-refractivity contribution is 0.215. The lowest BCUT2D eigenvalue weighted by Crippen LogP contribution is -2.07. The molecule has 106 valence electrons. The van der Waals surface area contributed by atoms with Crippen LogP contribution in [0.3, 0.4) is 0 Å². The molecule has 0 aliphatic heterocycles. The zero-order valence-corrected chi connectivity index (χ0v) is 13.5. The number of rotatable bonds is 4. The maximum Gasteiger partial charge on any atom is 0.138 e. The Hall–Kier alpha value is -1.10. The molecule has 5 heteroatoms. The predicted molar refractivity (Wildman–Crippen MR) is 83.2 cm³/mol. The van der Waals surface area contributed by atoms with Gasteiger partial charge in [0.25, 0.3) is 0 Å². The number of halogens is 2. The van der Waals surface area contributed by atoms with Crippen molar-refractivity contribution >= 4 is 27.5 Å². The van der Waals surface area contributed by atoms with E-state index in [0.717, 1.165) is 10.0 Å². The molecule has 0 spiro atoms. The first-order valence-electron chi connectivity index (χ1n) is 6.22. The number of aliphatic hydroxyl groups excluding tert-OH is 1. The van der Waals surface area contributed by atoms with Crippen LogP contribution in [-0.2, 0) is 0 Å². The predicted octanol–water partition coefficient (Wildman–Crippen LogP) is 4.37. The Morgan fingerprint density at radius 2 is 2.00 bits per heavy atom. The van der Waals surface area contributed by atoms with Crippen molar-refractivity contribution in [3.8, 4) is 5.75 Å². The van der Waals surface area contributed by atoms with E-state index in [2.05, 4.69) is 20.9 Å². The summed E-state index contributed by atoms with van der Waals surface area (Å²) in [5.74, 6) is 0.640. The van der Waals surface area contributed by atoms with E-state index in [9.17, 15) is 5.11 Å². The van der Waals surface area contributed by atoms with Gasteiger partial charge in [-0.1, -0.05) is 33.6 Å². The molecule has 3 nitrogen and oxygen atoms in total. The maximum absolute atomic E-state index is 10.5. The van der Waals surface area contributed by atoms with Crippen molar-refractivity contribution in [3.05, 3.63) is 57.3 Å². The third-order valence-corrected chi connectivity index (χ3v) is 3.60. The second kappa shape index (κ2) is 6.57. The number of hydrogen-bond donors (Lipinski definition) is 1. The highest BCUT2D eigenvalue weighted by Gasteiger charge is 2.15. The SMILES string of the molecule is CC(C)Oc1cncc(C(O)c2ccc(Cl)cc2Br)c1. The first-order valence-corrected chi connectivity index (χ1v) is 7.39. The Labute approximate surface area is 131 Å². The zero-order valence-electron chi connectivity index (χ0n) is 11.2. The standard InChI is InChI=1S/C15H15BrClNO2/c1-9(2)20-12-5-10(7-18-8-12)15(19)13-4-3-11(17)6-14(13)16/h3-9,15,19H,1-2H3. The third kappa shape index (κ3) is 3.72. The molecule has 0 bridgehead atoms. The summed E-state index contributed by atoms with van der Waals surface area (Å²) in [7, 11) is 0. The van der Waals surface area contributed by atoms with Crippen LogP contribution in [0, 0.1) is 0 Å². The van der Waals surface area contributed by atoms with Crippen molar-refractivity contribution in [2.75, 3.05) is 0 Å². The summed E-state index contributed by atoms with van der Waals surface area (Å²) in [6.45, 7) is 3.89. The molecule has 0 radical (unpaired) electrons. The fourth-order valence-electron chi connectivity index (χ4n) is 1.82. The van der Waals surface area contributed by atoms with Crippen LogP contribution in [0.2, 0.25) is 5.02 Å². The molecule has 1 N–H and O–H groups in total. The minimum atomic E-state index is -0.787. The smallest absolute Gasteiger partial charge is 0.138 e. The fourth-order valence-corrected chi connectivity index (χ4v) is 2.72. The summed E-state index contributed by atoms with van der Waals surface area (Å²) >= 11 is 9.31. The van der Waals surface area contributed by atoms with Crippen LogP contribution in [0.5, 0.6) is 5.75 Å². The van der Waals surface area contributed by atoms with Gasteiger partial charge in [-0.15, -0.1) is 0 Å². The molecule has 0 fully saturated rings. The largest absolute Gasteiger partial charge is 0.489 e. The summed E-state index contributed by atoms with van der Waals surface area (Å²) in [6, 6.07) is 7.07. The lowest BCUT2D eigenvalue weighted by Gasteiger charge is -2.15. The van der Waals surface area contributed by atoms with Gasteiger partial charge in [0.05, 0.1) is 12.3 Å². The number of aromatic nitrogens is 1. The number of aliphatic hydroxyl groups is 1. The van der Waals surface area contributed by atoms with E-state index in [0.29, 0.717) is 16.3 Å². The van der Waals surface area contributed by atoms with Crippen molar-refractivity contribution in [1.29, 1.82) is 0 Å². The fraction of sp³-hybridized carbons (Fsp3) is 0.267. The number of ether oxygens (including phenoxy) is 1. The average molecular weight is 357 g/mol. The van der Waals surface area contributed by atoms with Gasteiger partial charge in [-0.2, -0.15) is 0 Å². The Bertz CT molecular complexity index is 604. The van der Waals surface area contributed by atoms with E-state index in [1.807, 2.05) is 13.8 Å². The normalized spacial score (nSPS) is 12.5. The summed E-state index contributed by atoms with van der Waals surface area (Å²) in [5, 5.41) is 11.1. The van der Waals surface area contributed by atoms with Gasteiger partial charge in [-0.05, 0) is 37.6 Å². The van der Waals surface area contributed by atoms with E-state index >= 15 is 0 Å². The van der Waals surface area contributed by atoms with E-state index < -0.39 is 6.10 Å². The molecule has 0 aliphatic carbocycles. The van der Waals surface area contributed by atoms with Gasteiger partial charge in [-0.3, -0.25) is 4.98 Å². The number of pyridine rings is 1. The molecule has 2 rings (SSSR count). The van der Waals surface area contributed by atoms with E-state index in [1.165, 1.54) is 0 Å². The molecule has 1 unspecified atom stereocenters. The highest BCUT2D eigenvalue weighted by molar-refractivity contribution is 9.10. The zero-order chi connectivity index (χ0) is 14.7. The van der Waals surface area contributed by atoms with Crippen molar-refractivity contribution in [2.24, 2.45) is 0 Å². The number of hydrogen-bond acceptors (Lipinski definition) is 3. The molecule has 1 atom stereocenters. The van der Waals surface area contributed by atoms with Crippen molar-refractivity contribution in [1.82, 2.24) is 4.98 Å². The minimum Gasteiger partial charge on any atom is -0.489 e. The quantitative estimate of drug-likeness (QED) is 0.884. The number of benzene rings is 1. The second-order valence-electron chi connectivity index (χ2n) is 4.69. The van der Waals surface area contributed by atoms with Gasteiger partial charge < -0.3 is 9.84 Å². The van der Waals surface area contributed by atoms with Gasteiger partial charge in [0.15, 0.2) is 0 Å². The van der Waals surface area contributed by atoms with Crippen LogP contribution in [0.4, 0.5) is 0 Å². The first-order chi connectivity index (χ1) is 9.47. The number of nitrogens with zero attached hydrogens (tertiary/aromatic N) is 1. The molecule has 2 aromatic rings. The highest BCUT2D eigenvalue weighted by atomic mass is 79.9. The van der Waals surface area contributed by atoms with Gasteiger partial charge in [0.1, 0.15) is 11.9 Å². The summed E-state index contributed by atoms with van der Waals surface area (Å²) < 4.78 is 6.34. The Kier molecular flexibility index (Phi) is 5.02. The topological polar surface area (TPSA) is 42.4 Å². The lowest BCUT2D eigenvalue weighted by atomic mass is 10.0. The molecule has 0 aliphatic rings. The molecular weight excluding hydrogens is 342 g/mol. The Morgan fingerprint density at radius 3 is 2.65 bits per heavy atom. The molecule has 0 saturated carbocycles. The Morgan fingerprint density at radius 1 is 1.25 bits per heavy atom. The highest BCUT2D eigenvalue weighted by Crippen LogP contribution is 2.31. The monoisotopic (exact) mass is 355 g/mol. The third-order valence-electron chi connectivity index (χ3n) is 2.68. The first kappa shape index (κ1) is 15.3. The van der Waals surface area contributed by atoms with E-state index in [-0.39, 0.29) is 6.10 Å². The van der Waals surface area contributed by atoms with Crippen LogP contribution in [0.1, 0.15) is 31.1 Å². The summed E-state index contributed by atoms with van der Waals surface area (Å²) in [6.07, 6.45) is 2.53. The maximum atomic E-state index is 10.5. The van der Waals surface area contributed by atoms with Gasteiger partial charge in [0.2, 0.25) is 0 Å². The van der Waals surface area contributed by atoms with Crippen molar-refractivity contribution in [2.45, 2.75) is 26.1 Å². The van der Waals surface area contributed by atoms with Crippen molar-refractivity contribution in [3.63, 3.8) is 0 Å². The van der Waals surface area contributed by atoms with Crippen molar-refractivity contribution < 1.29 is 9.84 Å². The van der Waals surface area contributed by atoms with Gasteiger partial charge >= 0.3 is 0 Å². The molecule has 20 heavy (non-hydrogen) atoms. The summed E-state index contributed by atoms with van der Waals surface area (Å²) in [5.41, 5.74) is 1.41. The molecular formula is C15H15BrClNO2. The van der Waals surface area contributed by atoms with E-state index in [1.54, 1.807) is 36.7 Å². The van der Waals surface area contributed by atoms with Crippen LogP contribution in [0.15, 0.2) is 41.1 Å². The molecule has 0 saturated heterocycles. The van der Waals surface area contributed by atoms with Crippen LogP contribution >= 0.6 is 27.5 Å². The van der Waals surface area contributed by atoms with Crippen LogP contribution in [0.25, 0.3) is 0 Å². The second-order valence-corrected chi connectivity index (χ2v) is 5.98. The minimum absolute atomic E-state index is 0.0615. The molecule has 1 heterocycles. The molecule has 0 amide bonds. The van der Waals surface area contributed by atoms with Crippen LogP contribution < -0.4 is 4.74 Å². The van der Waals surface area contributed by atoms with Gasteiger partial charge in [-0.25, -0.2) is 0 Å². The average Bonchev–Trinajstić information content (AvgIpc) is 2.37.